The fourth-order valence-electron chi connectivity index (χ4n) is 6.22. The van der Waals surface area contributed by atoms with Crippen LogP contribution in [-0.4, -0.2) is 11.1 Å². The second kappa shape index (κ2) is 4.97. The van der Waals surface area contributed by atoms with Crippen molar-refractivity contribution in [3.8, 4) is 0 Å². The molecular weight excluding hydrogens is 284 g/mol. The van der Waals surface area contributed by atoms with Crippen LogP contribution in [0.4, 0.5) is 0 Å². The maximum absolute atomic E-state index is 12.2. The summed E-state index contributed by atoms with van der Waals surface area (Å²) in [7, 11) is 0. The SMILES string of the molecule is C=C[C@]1(C)C=C2CC[C@]3(C)[C@](C)(C(=O)O)CCC[C@@]3(C)C2CC1. The lowest BCUT2D eigenvalue weighted by Gasteiger charge is -2.65. The van der Waals surface area contributed by atoms with E-state index in [4.69, 9.17) is 0 Å². The van der Waals surface area contributed by atoms with Gasteiger partial charge in [-0.15, -0.1) is 6.58 Å². The van der Waals surface area contributed by atoms with Gasteiger partial charge in [0.2, 0.25) is 0 Å². The van der Waals surface area contributed by atoms with Gasteiger partial charge in [-0.1, -0.05) is 44.9 Å². The van der Waals surface area contributed by atoms with E-state index < -0.39 is 11.4 Å². The normalized spacial score (nSPS) is 49.6. The van der Waals surface area contributed by atoms with Crippen molar-refractivity contribution < 1.29 is 9.90 Å². The van der Waals surface area contributed by atoms with E-state index in [1.807, 2.05) is 6.92 Å². The van der Waals surface area contributed by atoms with E-state index in [1.54, 1.807) is 5.57 Å². The van der Waals surface area contributed by atoms with E-state index in [9.17, 15) is 9.90 Å². The van der Waals surface area contributed by atoms with Crippen molar-refractivity contribution in [1.29, 1.82) is 0 Å². The summed E-state index contributed by atoms with van der Waals surface area (Å²) < 4.78 is 0. The highest BCUT2D eigenvalue weighted by molar-refractivity contribution is 5.76. The minimum atomic E-state index is -0.593. The summed E-state index contributed by atoms with van der Waals surface area (Å²) in [5.74, 6) is -0.0432. The molecule has 2 heteroatoms. The van der Waals surface area contributed by atoms with E-state index >= 15 is 0 Å². The standard InChI is InChI=1S/C21H32O2/c1-6-18(2)12-9-16-15(14-18)8-13-21(5)19(16,3)10-7-11-20(21,4)17(22)23/h6,14,16H,1,7-13H2,2-5H3,(H,22,23)/t16?,18-,19-,20-,21-/m0/s1. The Morgan fingerprint density at radius 1 is 1.22 bits per heavy atom. The Morgan fingerprint density at radius 2 is 1.91 bits per heavy atom. The molecule has 0 aromatic carbocycles. The van der Waals surface area contributed by atoms with Gasteiger partial charge in [-0.05, 0) is 62.2 Å². The maximum Gasteiger partial charge on any atom is 0.309 e. The third-order valence-corrected chi connectivity index (χ3v) is 8.41. The molecule has 2 saturated carbocycles. The molecule has 5 atom stereocenters. The van der Waals surface area contributed by atoms with Crippen LogP contribution in [0.5, 0.6) is 0 Å². The topological polar surface area (TPSA) is 37.3 Å². The highest BCUT2D eigenvalue weighted by atomic mass is 16.4. The zero-order chi connectivity index (χ0) is 17.1. The van der Waals surface area contributed by atoms with Crippen LogP contribution in [0.3, 0.4) is 0 Å². The summed E-state index contributed by atoms with van der Waals surface area (Å²) in [5.41, 5.74) is 1.10. The second-order valence-electron chi connectivity index (χ2n) is 9.26. The molecule has 0 aromatic rings. The van der Waals surface area contributed by atoms with Crippen LogP contribution in [0, 0.1) is 27.6 Å². The Balaban J connectivity index is 2.07. The zero-order valence-electron chi connectivity index (χ0n) is 15.2. The molecule has 0 radical (unpaired) electrons. The lowest BCUT2D eigenvalue weighted by atomic mass is 9.38. The zero-order valence-corrected chi connectivity index (χ0v) is 15.2. The summed E-state index contributed by atoms with van der Waals surface area (Å²) in [5, 5.41) is 10.0. The first-order valence-electron chi connectivity index (χ1n) is 9.21. The van der Waals surface area contributed by atoms with Crippen molar-refractivity contribution in [2.45, 2.75) is 72.6 Å². The third kappa shape index (κ3) is 2.03. The van der Waals surface area contributed by atoms with Gasteiger partial charge in [-0.2, -0.15) is 0 Å². The summed E-state index contributed by atoms with van der Waals surface area (Å²) in [6, 6.07) is 0. The van der Waals surface area contributed by atoms with Crippen LogP contribution in [0.1, 0.15) is 72.6 Å². The van der Waals surface area contributed by atoms with E-state index in [0.29, 0.717) is 5.92 Å². The van der Waals surface area contributed by atoms with Crippen molar-refractivity contribution in [2.75, 3.05) is 0 Å². The predicted molar refractivity (Wildman–Crippen MR) is 94.2 cm³/mol. The Labute approximate surface area is 141 Å². The van der Waals surface area contributed by atoms with Gasteiger partial charge in [-0.25, -0.2) is 0 Å². The Kier molecular flexibility index (Phi) is 3.63. The van der Waals surface area contributed by atoms with E-state index in [-0.39, 0.29) is 16.2 Å². The Bertz CT molecular complexity index is 576. The lowest BCUT2D eigenvalue weighted by Crippen LogP contribution is -2.61. The van der Waals surface area contributed by atoms with Crippen LogP contribution in [0.15, 0.2) is 24.3 Å². The average molecular weight is 316 g/mol. The fraction of sp³-hybridized carbons (Fsp3) is 0.762. The molecule has 0 spiro atoms. The molecule has 1 N–H and O–H groups in total. The van der Waals surface area contributed by atoms with Crippen molar-refractivity contribution >= 4 is 5.97 Å². The molecule has 0 amide bonds. The van der Waals surface area contributed by atoms with Gasteiger partial charge >= 0.3 is 5.97 Å². The molecular formula is C21H32O2. The molecule has 0 saturated heterocycles. The van der Waals surface area contributed by atoms with Gasteiger partial charge in [0.15, 0.2) is 0 Å². The number of carboxylic acids is 1. The van der Waals surface area contributed by atoms with Crippen molar-refractivity contribution in [3.05, 3.63) is 24.3 Å². The first kappa shape index (κ1) is 16.8. The molecule has 3 aliphatic carbocycles. The van der Waals surface area contributed by atoms with Crippen LogP contribution < -0.4 is 0 Å². The summed E-state index contributed by atoms with van der Waals surface area (Å²) >= 11 is 0. The fourth-order valence-corrected chi connectivity index (χ4v) is 6.22. The minimum Gasteiger partial charge on any atom is -0.481 e. The molecule has 1 unspecified atom stereocenters. The number of carboxylic acid groups (broad SMARTS) is 1. The largest absolute Gasteiger partial charge is 0.481 e. The third-order valence-electron chi connectivity index (χ3n) is 8.41. The van der Waals surface area contributed by atoms with Crippen LogP contribution >= 0.6 is 0 Å². The van der Waals surface area contributed by atoms with Crippen LogP contribution in [0.25, 0.3) is 0 Å². The molecule has 2 nitrogen and oxygen atoms in total. The van der Waals surface area contributed by atoms with E-state index in [1.165, 1.54) is 12.8 Å². The Hall–Kier alpha value is -1.05. The molecule has 0 heterocycles. The van der Waals surface area contributed by atoms with Gasteiger partial charge in [-0.3, -0.25) is 4.79 Å². The molecule has 2 fully saturated rings. The van der Waals surface area contributed by atoms with Gasteiger partial charge in [0.25, 0.3) is 0 Å². The molecule has 3 rings (SSSR count). The number of hydrogen-bond acceptors (Lipinski definition) is 1. The molecule has 0 aliphatic heterocycles. The first-order valence-corrected chi connectivity index (χ1v) is 9.21. The van der Waals surface area contributed by atoms with Gasteiger partial charge in [0.05, 0.1) is 5.41 Å². The highest BCUT2D eigenvalue weighted by Crippen LogP contribution is 2.70. The number of allylic oxidation sites excluding steroid dienone is 3. The molecule has 128 valence electrons. The number of aliphatic carboxylic acids is 1. The number of rotatable bonds is 2. The number of hydrogen-bond donors (Lipinski definition) is 1. The Morgan fingerprint density at radius 3 is 2.52 bits per heavy atom. The summed E-state index contributed by atoms with van der Waals surface area (Å²) in [6.45, 7) is 13.0. The maximum atomic E-state index is 12.2. The van der Waals surface area contributed by atoms with Crippen molar-refractivity contribution in [1.82, 2.24) is 0 Å². The average Bonchev–Trinajstić information content (AvgIpc) is 2.50. The minimum absolute atomic E-state index is 0.102. The van der Waals surface area contributed by atoms with Gasteiger partial charge in [0, 0.05) is 5.41 Å². The van der Waals surface area contributed by atoms with Gasteiger partial charge < -0.3 is 5.11 Å². The molecule has 0 aromatic heterocycles. The summed E-state index contributed by atoms with van der Waals surface area (Å²) in [6.07, 6.45) is 12.0. The number of fused-ring (bicyclic) bond motifs is 3. The summed E-state index contributed by atoms with van der Waals surface area (Å²) in [4.78, 5) is 12.2. The molecule has 23 heavy (non-hydrogen) atoms. The second-order valence-corrected chi connectivity index (χ2v) is 9.26. The smallest absolute Gasteiger partial charge is 0.309 e. The molecule has 0 bridgehead atoms. The highest BCUT2D eigenvalue weighted by Gasteiger charge is 2.65. The quantitative estimate of drug-likeness (QED) is 0.674. The first-order chi connectivity index (χ1) is 10.6. The van der Waals surface area contributed by atoms with Crippen LogP contribution in [0.2, 0.25) is 0 Å². The number of carbonyl (C=O) groups is 1. The van der Waals surface area contributed by atoms with E-state index in [0.717, 1.165) is 32.1 Å². The van der Waals surface area contributed by atoms with E-state index in [2.05, 4.69) is 39.5 Å². The monoisotopic (exact) mass is 316 g/mol. The lowest BCUT2D eigenvalue weighted by molar-refractivity contribution is -0.187. The van der Waals surface area contributed by atoms with Crippen molar-refractivity contribution in [3.63, 3.8) is 0 Å². The predicted octanol–water partition coefficient (Wildman–Crippen LogP) is 5.60. The van der Waals surface area contributed by atoms with Crippen molar-refractivity contribution in [2.24, 2.45) is 27.6 Å². The molecule has 3 aliphatic rings. The van der Waals surface area contributed by atoms with Crippen LogP contribution in [-0.2, 0) is 4.79 Å². The van der Waals surface area contributed by atoms with Gasteiger partial charge in [0.1, 0.15) is 0 Å².